The Kier molecular flexibility index (Phi) is 7.89. The van der Waals surface area contributed by atoms with Crippen molar-refractivity contribution in [1.29, 1.82) is 0 Å². The van der Waals surface area contributed by atoms with Crippen LogP contribution in [0.5, 0.6) is 5.75 Å². The molecule has 0 saturated carbocycles. The highest BCUT2D eigenvalue weighted by Gasteiger charge is 2.27. The van der Waals surface area contributed by atoms with Crippen molar-refractivity contribution in [2.75, 3.05) is 25.4 Å². The number of sulfonamides is 1. The number of hydrogen-bond donors (Lipinski definition) is 1. The van der Waals surface area contributed by atoms with Crippen LogP contribution < -0.4 is 10.1 Å². The highest BCUT2D eigenvalue weighted by atomic mass is 32.2. The van der Waals surface area contributed by atoms with Gasteiger partial charge in [-0.05, 0) is 49.3 Å². The summed E-state index contributed by atoms with van der Waals surface area (Å²) in [5.41, 5.74) is 1.38. The topological polar surface area (TPSA) is 75.7 Å². The molecule has 1 aliphatic rings. The molecule has 1 aromatic rings. The SMILES string of the molecule is CCS(=O)(=O)N1CCC(NC(=O)CCCOc2ccc(C(C)(C)C)cc2)CC1. The van der Waals surface area contributed by atoms with Crippen LogP contribution in [-0.2, 0) is 20.2 Å². The second-order valence-corrected chi connectivity index (χ2v) is 10.6. The quantitative estimate of drug-likeness (QED) is 0.668. The molecule has 1 saturated heterocycles. The van der Waals surface area contributed by atoms with Crippen molar-refractivity contribution in [2.45, 2.75) is 64.8 Å². The molecule has 1 N–H and O–H groups in total. The third kappa shape index (κ3) is 6.78. The van der Waals surface area contributed by atoms with Crippen molar-refractivity contribution >= 4 is 15.9 Å². The largest absolute Gasteiger partial charge is 0.494 e. The van der Waals surface area contributed by atoms with Gasteiger partial charge in [0.05, 0.1) is 12.4 Å². The van der Waals surface area contributed by atoms with Crippen LogP contribution in [-0.4, -0.2) is 50.1 Å². The summed E-state index contributed by atoms with van der Waals surface area (Å²) in [5, 5.41) is 3.02. The van der Waals surface area contributed by atoms with E-state index in [2.05, 4.69) is 38.2 Å². The third-order valence-corrected chi connectivity index (χ3v) is 7.00. The van der Waals surface area contributed by atoms with Gasteiger partial charge in [-0.15, -0.1) is 0 Å². The second kappa shape index (κ2) is 9.74. The Bertz CT molecular complexity index is 731. The molecule has 0 unspecified atom stereocenters. The maximum absolute atomic E-state index is 12.1. The Hall–Kier alpha value is -1.60. The molecular formula is C21H34N2O4S. The highest BCUT2D eigenvalue weighted by molar-refractivity contribution is 7.89. The molecule has 7 heteroatoms. The van der Waals surface area contributed by atoms with Crippen molar-refractivity contribution in [3.63, 3.8) is 0 Å². The van der Waals surface area contributed by atoms with E-state index in [0.29, 0.717) is 45.4 Å². The van der Waals surface area contributed by atoms with Gasteiger partial charge in [0, 0.05) is 25.6 Å². The average molecular weight is 411 g/mol. The van der Waals surface area contributed by atoms with Gasteiger partial charge in [-0.25, -0.2) is 12.7 Å². The third-order valence-electron chi connectivity index (χ3n) is 5.11. The monoisotopic (exact) mass is 410 g/mol. The normalized spacial score (nSPS) is 16.7. The Morgan fingerprint density at radius 3 is 2.32 bits per heavy atom. The molecule has 0 spiro atoms. The van der Waals surface area contributed by atoms with Gasteiger partial charge in [-0.1, -0.05) is 32.9 Å². The first-order valence-electron chi connectivity index (χ1n) is 10.1. The Balaban J connectivity index is 1.64. The van der Waals surface area contributed by atoms with E-state index >= 15 is 0 Å². The van der Waals surface area contributed by atoms with Gasteiger partial charge in [0.1, 0.15) is 5.75 Å². The van der Waals surface area contributed by atoms with Gasteiger partial charge in [-0.2, -0.15) is 0 Å². The first-order valence-corrected chi connectivity index (χ1v) is 11.7. The van der Waals surface area contributed by atoms with Crippen LogP contribution in [0.15, 0.2) is 24.3 Å². The molecule has 1 heterocycles. The van der Waals surface area contributed by atoms with E-state index < -0.39 is 10.0 Å². The van der Waals surface area contributed by atoms with Crippen LogP contribution in [0.25, 0.3) is 0 Å². The van der Waals surface area contributed by atoms with E-state index in [4.69, 9.17) is 4.74 Å². The van der Waals surface area contributed by atoms with Gasteiger partial charge in [0.2, 0.25) is 15.9 Å². The van der Waals surface area contributed by atoms with Crippen molar-refractivity contribution < 1.29 is 17.9 Å². The molecule has 6 nitrogen and oxygen atoms in total. The van der Waals surface area contributed by atoms with E-state index in [1.165, 1.54) is 9.87 Å². The zero-order chi connectivity index (χ0) is 20.8. The minimum absolute atomic E-state index is 0.00322. The number of carbonyl (C=O) groups is 1. The van der Waals surface area contributed by atoms with Gasteiger partial charge in [0.25, 0.3) is 0 Å². The van der Waals surface area contributed by atoms with Crippen molar-refractivity contribution in [3.05, 3.63) is 29.8 Å². The summed E-state index contributed by atoms with van der Waals surface area (Å²) >= 11 is 0. The molecule has 0 radical (unpaired) electrons. The van der Waals surface area contributed by atoms with Gasteiger partial charge < -0.3 is 10.1 Å². The first-order chi connectivity index (χ1) is 13.1. The standard InChI is InChI=1S/C21H34N2O4S/c1-5-28(25,26)23-14-12-18(13-15-23)22-20(24)7-6-16-27-19-10-8-17(9-11-19)21(2,3)4/h8-11,18H,5-7,12-16H2,1-4H3,(H,22,24). The summed E-state index contributed by atoms with van der Waals surface area (Å²) in [4.78, 5) is 12.1. The summed E-state index contributed by atoms with van der Waals surface area (Å²) in [6, 6.07) is 8.15. The molecule has 1 fully saturated rings. The molecule has 1 aromatic carbocycles. The summed E-state index contributed by atoms with van der Waals surface area (Å²) < 4.78 is 31.0. The lowest BCUT2D eigenvalue weighted by molar-refractivity contribution is -0.122. The van der Waals surface area contributed by atoms with Crippen molar-refractivity contribution in [2.24, 2.45) is 0 Å². The minimum atomic E-state index is -3.12. The van der Waals surface area contributed by atoms with Crippen LogP contribution in [0, 0.1) is 0 Å². The molecule has 1 amide bonds. The fraction of sp³-hybridized carbons (Fsp3) is 0.667. The predicted molar refractivity (Wildman–Crippen MR) is 112 cm³/mol. The molecule has 0 bridgehead atoms. The second-order valence-electron chi connectivity index (χ2n) is 8.37. The zero-order valence-electron chi connectivity index (χ0n) is 17.5. The molecule has 0 atom stereocenters. The average Bonchev–Trinajstić information content (AvgIpc) is 2.65. The van der Waals surface area contributed by atoms with Crippen LogP contribution in [0.1, 0.15) is 58.9 Å². The smallest absolute Gasteiger partial charge is 0.220 e. The van der Waals surface area contributed by atoms with Gasteiger partial charge in [-0.3, -0.25) is 4.79 Å². The Labute approximate surface area is 169 Å². The fourth-order valence-corrected chi connectivity index (χ4v) is 4.37. The lowest BCUT2D eigenvalue weighted by Gasteiger charge is -2.31. The summed E-state index contributed by atoms with van der Waals surface area (Å²) in [5.74, 6) is 0.949. The Morgan fingerprint density at radius 1 is 1.18 bits per heavy atom. The molecule has 158 valence electrons. The first kappa shape index (κ1) is 22.7. The van der Waals surface area contributed by atoms with E-state index in [9.17, 15) is 13.2 Å². The van der Waals surface area contributed by atoms with Crippen molar-refractivity contribution in [3.8, 4) is 5.75 Å². The molecule has 0 aromatic heterocycles. The molecule has 0 aliphatic carbocycles. The lowest BCUT2D eigenvalue weighted by Crippen LogP contribution is -2.46. The lowest BCUT2D eigenvalue weighted by atomic mass is 9.87. The minimum Gasteiger partial charge on any atom is -0.494 e. The fourth-order valence-electron chi connectivity index (χ4n) is 3.23. The number of amides is 1. The number of rotatable bonds is 8. The summed E-state index contributed by atoms with van der Waals surface area (Å²) in [6.07, 6.45) is 2.40. The maximum atomic E-state index is 12.1. The van der Waals surface area contributed by atoms with Crippen LogP contribution in [0.2, 0.25) is 0 Å². The van der Waals surface area contributed by atoms with Gasteiger partial charge >= 0.3 is 0 Å². The van der Waals surface area contributed by atoms with Crippen LogP contribution >= 0.6 is 0 Å². The number of ether oxygens (including phenoxy) is 1. The molecule has 28 heavy (non-hydrogen) atoms. The summed E-state index contributed by atoms with van der Waals surface area (Å²) in [7, 11) is -3.12. The number of benzene rings is 1. The summed E-state index contributed by atoms with van der Waals surface area (Å²) in [6.45, 7) is 9.64. The van der Waals surface area contributed by atoms with E-state index in [0.717, 1.165) is 5.75 Å². The number of hydrogen-bond acceptors (Lipinski definition) is 4. The molecule has 2 rings (SSSR count). The predicted octanol–water partition coefficient (Wildman–Crippen LogP) is 3.07. The number of nitrogens with one attached hydrogen (secondary N) is 1. The highest BCUT2D eigenvalue weighted by Crippen LogP contribution is 2.24. The van der Waals surface area contributed by atoms with E-state index in [-0.39, 0.29) is 23.1 Å². The number of piperidine rings is 1. The van der Waals surface area contributed by atoms with E-state index in [1.807, 2.05) is 12.1 Å². The van der Waals surface area contributed by atoms with Crippen LogP contribution in [0.3, 0.4) is 0 Å². The Morgan fingerprint density at radius 2 is 1.79 bits per heavy atom. The molecular weight excluding hydrogens is 376 g/mol. The van der Waals surface area contributed by atoms with Crippen LogP contribution in [0.4, 0.5) is 0 Å². The number of nitrogens with zero attached hydrogens (tertiary/aromatic N) is 1. The maximum Gasteiger partial charge on any atom is 0.220 e. The van der Waals surface area contributed by atoms with Crippen molar-refractivity contribution in [1.82, 2.24) is 9.62 Å². The van der Waals surface area contributed by atoms with E-state index in [1.54, 1.807) is 6.92 Å². The van der Waals surface area contributed by atoms with Gasteiger partial charge in [0.15, 0.2) is 0 Å². The number of carbonyl (C=O) groups excluding carboxylic acids is 1. The molecule has 1 aliphatic heterocycles. The zero-order valence-corrected chi connectivity index (χ0v) is 18.3.